The second-order valence-electron chi connectivity index (χ2n) is 8.61. The minimum atomic E-state index is -1.30. The zero-order chi connectivity index (χ0) is 27.8. The van der Waals surface area contributed by atoms with Gasteiger partial charge in [-0.2, -0.15) is 0 Å². The van der Waals surface area contributed by atoms with Gasteiger partial charge in [-0.3, -0.25) is 19.6 Å². The summed E-state index contributed by atoms with van der Waals surface area (Å²) in [6.07, 6.45) is 3.44. The fourth-order valence-corrected chi connectivity index (χ4v) is 3.33. The molecule has 0 fully saturated rings. The summed E-state index contributed by atoms with van der Waals surface area (Å²) < 4.78 is 0. The number of aliphatic hydroxyl groups excluding tert-OH is 1. The number of carbonyl (C=O) groups is 3. The summed E-state index contributed by atoms with van der Waals surface area (Å²) in [6.45, 7) is 4.60. The number of aliphatic hydroxyl groups is 1. The topological polar surface area (TPSA) is 140 Å². The van der Waals surface area contributed by atoms with Crippen molar-refractivity contribution in [1.29, 1.82) is 0 Å². The normalized spacial score (nSPS) is 11.3. The van der Waals surface area contributed by atoms with Gasteiger partial charge < -0.3 is 21.1 Å². The Morgan fingerprint density at radius 3 is 2.03 bits per heavy atom. The third-order valence-electron chi connectivity index (χ3n) is 5.45. The van der Waals surface area contributed by atoms with Crippen molar-refractivity contribution in [3.05, 3.63) is 65.2 Å². The van der Waals surface area contributed by atoms with Gasteiger partial charge in [-0.05, 0) is 80.3 Å². The van der Waals surface area contributed by atoms with Gasteiger partial charge in [0.2, 0.25) is 5.91 Å². The summed E-state index contributed by atoms with van der Waals surface area (Å²) in [5, 5.41) is 26.7. The number of unbranched alkanes of at least 4 members (excludes halogenated alkanes) is 3. The van der Waals surface area contributed by atoms with Gasteiger partial charge in [0.1, 0.15) is 6.04 Å². The zero-order valence-corrected chi connectivity index (χ0v) is 21.6. The first-order valence-electron chi connectivity index (χ1n) is 12.5. The molecule has 0 heterocycles. The average Bonchev–Trinajstić information content (AvgIpc) is 2.92. The van der Waals surface area contributed by atoms with Crippen molar-refractivity contribution in [2.75, 3.05) is 18.4 Å². The van der Waals surface area contributed by atoms with Crippen LogP contribution in [0.1, 0.15) is 68.4 Å². The van der Waals surface area contributed by atoms with Gasteiger partial charge in [0.15, 0.2) is 0 Å². The molecule has 0 aromatic heterocycles. The Bertz CT molecular complexity index is 1190. The van der Waals surface area contributed by atoms with E-state index in [0.29, 0.717) is 11.3 Å². The maximum atomic E-state index is 12.3. The highest BCUT2D eigenvalue weighted by atomic mass is 16.5. The lowest BCUT2D eigenvalue weighted by Crippen LogP contribution is -2.51. The summed E-state index contributed by atoms with van der Waals surface area (Å²) >= 11 is 0. The molecule has 9 nitrogen and oxygen atoms in total. The van der Waals surface area contributed by atoms with Gasteiger partial charge in [0, 0.05) is 22.4 Å². The maximum Gasteiger partial charge on any atom is 0.268 e. The minimum absolute atomic E-state index is 0. The van der Waals surface area contributed by atoms with Crippen LogP contribution in [0.3, 0.4) is 0 Å². The average molecular weight is 535 g/mol. The SMILES string of the molecule is C.CCCCCCNCC(=O)Nc1ccc(C#CC#Cc2ccc(C(=O)N[C@H](C(=O)NO)[C@@H](C)O)cc2)cc1. The molecule has 2 aromatic rings. The molecule has 3 amide bonds. The van der Waals surface area contributed by atoms with E-state index in [9.17, 15) is 19.5 Å². The highest BCUT2D eigenvalue weighted by Crippen LogP contribution is 2.09. The van der Waals surface area contributed by atoms with Crippen LogP contribution in [-0.4, -0.2) is 53.3 Å². The van der Waals surface area contributed by atoms with Crippen molar-refractivity contribution in [3.63, 3.8) is 0 Å². The van der Waals surface area contributed by atoms with Crippen LogP contribution in [-0.2, 0) is 9.59 Å². The van der Waals surface area contributed by atoms with Crippen LogP contribution in [0.4, 0.5) is 5.69 Å². The fourth-order valence-electron chi connectivity index (χ4n) is 3.33. The first kappa shape index (κ1) is 32.9. The number of anilines is 1. The summed E-state index contributed by atoms with van der Waals surface area (Å²) in [4.78, 5) is 35.9. The Labute approximate surface area is 230 Å². The Morgan fingerprint density at radius 2 is 1.49 bits per heavy atom. The third-order valence-corrected chi connectivity index (χ3v) is 5.45. The molecule has 9 heteroatoms. The number of nitrogens with one attached hydrogen (secondary N) is 4. The predicted molar refractivity (Wildman–Crippen MR) is 152 cm³/mol. The molecule has 0 saturated heterocycles. The largest absolute Gasteiger partial charge is 0.391 e. The summed E-state index contributed by atoms with van der Waals surface area (Å²) in [5.74, 6) is 9.75. The number of benzene rings is 2. The summed E-state index contributed by atoms with van der Waals surface area (Å²) in [7, 11) is 0. The zero-order valence-electron chi connectivity index (χ0n) is 21.6. The van der Waals surface area contributed by atoms with Crippen molar-refractivity contribution >= 4 is 23.4 Å². The van der Waals surface area contributed by atoms with Crippen LogP contribution in [0.2, 0.25) is 0 Å². The molecule has 0 bridgehead atoms. The van der Waals surface area contributed by atoms with Gasteiger partial charge in [0.25, 0.3) is 11.8 Å². The predicted octanol–water partition coefficient (Wildman–Crippen LogP) is 2.82. The van der Waals surface area contributed by atoms with Crippen molar-refractivity contribution in [2.24, 2.45) is 0 Å². The van der Waals surface area contributed by atoms with Crippen molar-refractivity contribution in [2.45, 2.75) is 59.1 Å². The quantitative estimate of drug-likeness (QED) is 0.107. The molecule has 0 saturated carbocycles. The van der Waals surface area contributed by atoms with Gasteiger partial charge in [0.05, 0.1) is 12.6 Å². The number of amides is 3. The Morgan fingerprint density at radius 1 is 0.897 bits per heavy atom. The smallest absolute Gasteiger partial charge is 0.268 e. The number of carbonyl (C=O) groups excluding carboxylic acids is 3. The van der Waals surface area contributed by atoms with Crippen LogP contribution >= 0.6 is 0 Å². The van der Waals surface area contributed by atoms with E-state index in [0.717, 1.165) is 18.5 Å². The molecule has 208 valence electrons. The molecule has 39 heavy (non-hydrogen) atoms. The van der Waals surface area contributed by atoms with Gasteiger partial charge in [-0.1, -0.05) is 45.5 Å². The van der Waals surface area contributed by atoms with Crippen LogP contribution in [0.5, 0.6) is 0 Å². The molecule has 0 spiro atoms. The molecule has 0 unspecified atom stereocenters. The number of hydroxylamine groups is 1. The molecular formula is C30H38N4O5. The van der Waals surface area contributed by atoms with E-state index < -0.39 is 24.0 Å². The molecular weight excluding hydrogens is 496 g/mol. The Hall–Kier alpha value is -4.15. The lowest BCUT2D eigenvalue weighted by molar-refractivity contribution is -0.133. The van der Waals surface area contributed by atoms with Gasteiger partial charge in [-0.25, -0.2) is 5.48 Å². The van der Waals surface area contributed by atoms with Crippen LogP contribution < -0.4 is 21.4 Å². The monoisotopic (exact) mass is 534 g/mol. The van der Waals surface area contributed by atoms with E-state index in [-0.39, 0.29) is 25.4 Å². The van der Waals surface area contributed by atoms with Gasteiger partial charge in [-0.15, -0.1) is 0 Å². The lowest BCUT2D eigenvalue weighted by Gasteiger charge is -2.19. The first-order valence-corrected chi connectivity index (χ1v) is 12.5. The second-order valence-corrected chi connectivity index (χ2v) is 8.61. The van der Waals surface area contributed by atoms with E-state index in [1.807, 2.05) is 0 Å². The molecule has 0 aliphatic heterocycles. The third kappa shape index (κ3) is 12.3. The molecule has 0 aliphatic carbocycles. The van der Waals surface area contributed by atoms with Crippen molar-refractivity contribution < 1.29 is 24.7 Å². The number of rotatable bonds is 12. The van der Waals surface area contributed by atoms with E-state index in [2.05, 4.69) is 46.6 Å². The van der Waals surface area contributed by atoms with Crippen LogP contribution in [0.25, 0.3) is 0 Å². The molecule has 6 N–H and O–H groups in total. The fraction of sp³-hybridized carbons (Fsp3) is 0.367. The molecule has 2 atom stereocenters. The van der Waals surface area contributed by atoms with Gasteiger partial charge >= 0.3 is 0 Å². The first-order chi connectivity index (χ1) is 18.3. The highest BCUT2D eigenvalue weighted by molar-refractivity contribution is 5.97. The molecule has 0 aliphatic rings. The van der Waals surface area contributed by atoms with E-state index >= 15 is 0 Å². The number of hydrogen-bond donors (Lipinski definition) is 6. The van der Waals surface area contributed by atoms with Crippen molar-refractivity contribution in [1.82, 2.24) is 16.1 Å². The lowest BCUT2D eigenvalue weighted by atomic mass is 10.1. The number of hydrogen-bond acceptors (Lipinski definition) is 6. The van der Waals surface area contributed by atoms with E-state index in [4.69, 9.17) is 5.21 Å². The molecule has 0 radical (unpaired) electrons. The van der Waals surface area contributed by atoms with E-state index in [1.165, 1.54) is 43.8 Å². The molecule has 2 aromatic carbocycles. The minimum Gasteiger partial charge on any atom is -0.391 e. The molecule has 2 rings (SSSR count). The standard InChI is InChI=1S/C29H34N4O5.CH4/c1-3-4-5-8-19-30-20-26(35)31-25-17-13-23(14-18-25)10-7-6-9-22-11-15-24(16-12-22)28(36)32-27(21(2)34)29(37)33-38;/h11-18,21,27,30,34,38H,3-5,8,19-20H2,1-2H3,(H,31,35)(H,32,36)(H,33,37);1H4/t21-,27+;/m1./s1. The van der Waals surface area contributed by atoms with Crippen LogP contribution in [0.15, 0.2) is 48.5 Å². The highest BCUT2D eigenvalue weighted by Gasteiger charge is 2.25. The maximum absolute atomic E-state index is 12.3. The Balaban J connectivity index is 0.00000760. The summed E-state index contributed by atoms with van der Waals surface area (Å²) in [6, 6.07) is 12.2. The Kier molecular flexibility index (Phi) is 15.3. The van der Waals surface area contributed by atoms with E-state index in [1.54, 1.807) is 36.4 Å². The second kappa shape index (κ2) is 18.2. The summed E-state index contributed by atoms with van der Waals surface area (Å²) in [5.41, 5.74) is 3.74. The van der Waals surface area contributed by atoms with Crippen LogP contribution in [0, 0.1) is 23.7 Å². The van der Waals surface area contributed by atoms with Crippen molar-refractivity contribution in [3.8, 4) is 23.7 Å².